The summed E-state index contributed by atoms with van der Waals surface area (Å²) in [6, 6.07) is 8.98. The monoisotopic (exact) mass is 680 g/mol. The van der Waals surface area contributed by atoms with Gasteiger partial charge in [-0.25, -0.2) is 4.79 Å². The van der Waals surface area contributed by atoms with E-state index in [2.05, 4.69) is 0 Å². The molecule has 0 fully saturated rings. The number of Topliss-reactive ketones (excluding diaryl/α,β-unsaturated/α-hetero) is 1. The van der Waals surface area contributed by atoms with Gasteiger partial charge in [0.25, 0.3) is 0 Å². The molecule has 4 atom stereocenters. The number of phenols is 6. The van der Waals surface area contributed by atoms with E-state index >= 15 is 0 Å². The molecule has 0 saturated carbocycles. The summed E-state index contributed by atoms with van der Waals surface area (Å²) < 4.78 is 0. The third-order valence-electron chi connectivity index (χ3n) is 7.10. The number of rotatable bonds is 14. The number of allylic oxidation sites excluding steroid dienone is 1. The number of aliphatic hydroxyl groups excluding tert-OH is 2. The molecule has 0 aliphatic rings. The predicted octanol–water partition coefficient (Wildman–Crippen LogP) is -0.0948. The average Bonchev–Trinajstić information content (AvgIpc) is 3.07. The topological polar surface area (TPSA) is 308 Å². The summed E-state index contributed by atoms with van der Waals surface area (Å²) in [6.45, 7) is 0. The molecule has 0 heterocycles. The van der Waals surface area contributed by atoms with E-state index in [1.165, 1.54) is 0 Å². The van der Waals surface area contributed by atoms with Gasteiger partial charge in [-0.1, -0.05) is 36.4 Å². The Morgan fingerprint density at radius 1 is 0.551 bits per heavy atom. The van der Waals surface area contributed by atoms with Gasteiger partial charge in [-0.2, -0.15) is 0 Å². The molecule has 0 aliphatic heterocycles. The highest BCUT2D eigenvalue weighted by Gasteiger charge is 2.68. The van der Waals surface area contributed by atoms with E-state index in [9.17, 15) is 80.1 Å². The van der Waals surface area contributed by atoms with E-state index in [1.807, 2.05) is 0 Å². The van der Waals surface area contributed by atoms with Crippen LogP contribution in [0.3, 0.4) is 0 Å². The number of phenolic OH excluding ortho intramolecular Hbond substituents is 6. The maximum Gasteiger partial charge on any atom is 0.335 e. The first-order chi connectivity index (χ1) is 22.8. The highest BCUT2D eigenvalue weighted by atomic mass is 16.4. The normalized spacial score (nSPS) is 15.4. The quantitative estimate of drug-likeness (QED) is 0.0458. The first kappa shape index (κ1) is 37.1. The Morgan fingerprint density at radius 3 is 1.29 bits per heavy atom. The van der Waals surface area contributed by atoms with Gasteiger partial charge in [0, 0.05) is 0 Å². The van der Waals surface area contributed by atoms with Gasteiger partial charge >= 0.3 is 5.97 Å². The molecular formula is C33H28O16. The van der Waals surface area contributed by atoms with Crippen LogP contribution in [0, 0.1) is 0 Å². The summed E-state index contributed by atoms with van der Waals surface area (Å²) >= 11 is 0. The number of carbonyl (C=O) groups is 5. The predicted molar refractivity (Wildman–Crippen MR) is 166 cm³/mol. The van der Waals surface area contributed by atoms with Crippen molar-refractivity contribution in [3.63, 3.8) is 0 Å². The number of ketones is 4. The van der Waals surface area contributed by atoms with Crippen LogP contribution in [0.15, 0.2) is 72.8 Å². The molecule has 16 heteroatoms. The molecule has 0 bridgehead atoms. The van der Waals surface area contributed by atoms with Gasteiger partial charge < -0.3 is 56.2 Å². The SMILES string of the molecule is O=C(/C=C/c1ccc(O)c(O)c1)C(=O)[C@@](O)(C(=O)/C=C/c1ccc(O)c(O)c1)[C@@](O)(C(=O)/C=C/c1ccc(O)c(O)c1)[C@@H](O)[C@H](O)C(=O)O. The summed E-state index contributed by atoms with van der Waals surface area (Å²) in [5, 5.41) is 111. The van der Waals surface area contributed by atoms with Crippen LogP contribution in [0.5, 0.6) is 34.5 Å². The first-order valence-corrected chi connectivity index (χ1v) is 13.7. The van der Waals surface area contributed by atoms with Crippen molar-refractivity contribution in [2.24, 2.45) is 0 Å². The van der Waals surface area contributed by atoms with Crippen molar-refractivity contribution in [2.75, 3.05) is 0 Å². The minimum absolute atomic E-state index is 0.0360. The molecule has 0 radical (unpaired) electrons. The molecule has 3 aromatic carbocycles. The second-order valence-corrected chi connectivity index (χ2v) is 10.4. The van der Waals surface area contributed by atoms with E-state index < -0.39 is 87.0 Å². The van der Waals surface area contributed by atoms with Crippen LogP contribution in [-0.4, -0.2) is 109 Å². The third kappa shape index (κ3) is 7.64. The van der Waals surface area contributed by atoms with Crippen LogP contribution >= 0.6 is 0 Å². The second kappa shape index (κ2) is 14.6. The molecule has 16 nitrogen and oxygen atoms in total. The summed E-state index contributed by atoms with van der Waals surface area (Å²) in [7, 11) is 0. The number of carbonyl (C=O) groups excluding carboxylic acids is 4. The van der Waals surface area contributed by atoms with E-state index in [1.54, 1.807) is 0 Å². The van der Waals surface area contributed by atoms with Crippen LogP contribution in [0.25, 0.3) is 18.2 Å². The van der Waals surface area contributed by atoms with Gasteiger partial charge in [0.1, 0.15) is 6.10 Å². The number of aromatic hydroxyl groups is 6. The van der Waals surface area contributed by atoms with Gasteiger partial charge in [-0.3, -0.25) is 19.2 Å². The van der Waals surface area contributed by atoms with Crippen molar-refractivity contribution >= 4 is 47.3 Å². The Morgan fingerprint density at radius 2 is 0.918 bits per heavy atom. The molecule has 49 heavy (non-hydrogen) atoms. The lowest BCUT2D eigenvalue weighted by molar-refractivity contribution is -0.214. The van der Waals surface area contributed by atoms with Gasteiger partial charge in [-0.15, -0.1) is 0 Å². The Labute approximate surface area is 274 Å². The zero-order chi connectivity index (χ0) is 36.8. The summed E-state index contributed by atoms with van der Waals surface area (Å²) in [4.78, 5) is 65.6. The lowest BCUT2D eigenvalue weighted by Gasteiger charge is -2.41. The lowest BCUT2D eigenvalue weighted by Crippen LogP contribution is -2.75. The second-order valence-electron chi connectivity index (χ2n) is 10.4. The van der Waals surface area contributed by atoms with Gasteiger partial charge in [0.2, 0.25) is 17.2 Å². The Balaban J connectivity index is 2.25. The van der Waals surface area contributed by atoms with Crippen LogP contribution in [-0.2, 0) is 24.0 Å². The van der Waals surface area contributed by atoms with Gasteiger partial charge in [0.05, 0.1) is 0 Å². The molecule has 0 aromatic heterocycles. The average molecular weight is 681 g/mol. The van der Waals surface area contributed by atoms with E-state index in [-0.39, 0.29) is 16.7 Å². The fourth-order valence-electron chi connectivity index (χ4n) is 4.32. The minimum atomic E-state index is -4.42. The van der Waals surface area contributed by atoms with Crippen molar-refractivity contribution < 1.29 is 80.1 Å². The van der Waals surface area contributed by atoms with Crippen LogP contribution in [0.1, 0.15) is 16.7 Å². The molecule has 3 rings (SSSR count). The molecule has 11 N–H and O–H groups in total. The molecular weight excluding hydrogens is 652 g/mol. The summed E-state index contributed by atoms with van der Waals surface area (Å²) in [6.07, 6.45) is -3.24. The molecule has 0 aliphatic carbocycles. The van der Waals surface area contributed by atoms with Gasteiger partial charge in [-0.05, 0) is 71.3 Å². The zero-order valence-corrected chi connectivity index (χ0v) is 24.8. The smallest absolute Gasteiger partial charge is 0.335 e. The number of carboxylic acids is 1. The minimum Gasteiger partial charge on any atom is -0.504 e. The van der Waals surface area contributed by atoms with Crippen LogP contribution < -0.4 is 0 Å². The standard InChI is InChI=1S/C33H28O16/c34-19-7-1-16(13-23(19)38)4-10-22(37)29(44)32(48,26(41)11-5-17-2-8-20(35)24(39)14-17)33(49,30(45)28(43)31(46)47)27(42)12-6-18-3-9-21(36)25(40)15-18/h1-15,28,30,34-36,38-40,43,45,48-49H,(H,46,47)/b10-4+,11-5+,12-6+/t28-,30-,32-,33+/m0/s1. The number of aliphatic hydroxyl groups is 4. The molecule has 256 valence electrons. The van der Waals surface area contributed by atoms with Crippen molar-refractivity contribution in [2.45, 2.75) is 23.4 Å². The largest absolute Gasteiger partial charge is 0.504 e. The number of hydrogen-bond donors (Lipinski definition) is 11. The molecule has 0 amide bonds. The van der Waals surface area contributed by atoms with Crippen LogP contribution in [0.2, 0.25) is 0 Å². The summed E-state index contributed by atoms with van der Waals surface area (Å²) in [5.74, 6) is -14.3. The van der Waals surface area contributed by atoms with Crippen molar-refractivity contribution in [3.05, 3.63) is 89.5 Å². The maximum atomic E-state index is 13.7. The van der Waals surface area contributed by atoms with E-state index in [0.29, 0.717) is 18.2 Å². The summed E-state index contributed by atoms with van der Waals surface area (Å²) in [5.41, 5.74) is -9.04. The Hall–Kier alpha value is -6.33. The highest BCUT2D eigenvalue weighted by Crippen LogP contribution is 2.35. The third-order valence-corrected chi connectivity index (χ3v) is 7.10. The number of hydrogen-bond acceptors (Lipinski definition) is 15. The lowest BCUT2D eigenvalue weighted by atomic mass is 9.68. The number of carboxylic acid groups (broad SMARTS) is 1. The van der Waals surface area contributed by atoms with Crippen molar-refractivity contribution in [1.29, 1.82) is 0 Å². The molecule has 3 aromatic rings. The van der Waals surface area contributed by atoms with Gasteiger partial charge in [0.15, 0.2) is 57.8 Å². The Kier molecular flexibility index (Phi) is 11.1. The Bertz CT molecular complexity index is 1910. The fraction of sp³-hybridized carbons (Fsp3) is 0.121. The fourth-order valence-corrected chi connectivity index (χ4v) is 4.32. The van der Waals surface area contributed by atoms with Crippen molar-refractivity contribution in [3.8, 4) is 34.5 Å². The number of benzene rings is 3. The molecule has 0 spiro atoms. The van der Waals surface area contributed by atoms with E-state index in [0.717, 1.165) is 72.8 Å². The molecule has 0 saturated heterocycles. The zero-order valence-electron chi connectivity index (χ0n) is 24.8. The maximum absolute atomic E-state index is 13.7. The molecule has 0 unspecified atom stereocenters. The highest BCUT2D eigenvalue weighted by molar-refractivity contribution is 6.50. The van der Waals surface area contributed by atoms with Crippen molar-refractivity contribution in [1.82, 2.24) is 0 Å². The number of aliphatic carboxylic acids is 1. The van der Waals surface area contributed by atoms with E-state index in [4.69, 9.17) is 0 Å². The first-order valence-electron chi connectivity index (χ1n) is 13.7. The van der Waals surface area contributed by atoms with Crippen LogP contribution in [0.4, 0.5) is 0 Å².